The molecular weight excluding hydrogens is 524 g/mol. The molecule has 0 radical (unpaired) electrons. The third-order valence-electron chi connectivity index (χ3n) is 6.68. The number of hydrogen-bond acceptors (Lipinski definition) is 6. The van der Waals surface area contributed by atoms with Crippen LogP contribution in [0.2, 0.25) is 5.02 Å². The summed E-state index contributed by atoms with van der Waals surface area (Å²) in [7, 11) is 1.51. The Kier molecular flexibility index (Phi) is 7.90. The maximum absolute atomic E-state index is 13.0. The maximum atomic E-state index is 13.0. The second-order valence-corrected chi connectivity index (χ2v) is 10.6. The molecule has 38 heavy (non-hydrogen) atoms. The monoisotopic (exact) mass is 550 g/mol. The van der Waals surface area contributed by atoms with Gasteiger partial charge in [-0.1, -0.05) is 54.1 Å². The normalized spacial score (nSPS) is 16.9. The lowest BCUT2D eigenvalue weighted by molar-refractivity contribution is -0.136. The minimum absolute atomic E-state index is 0.203. The van der Waals surface area contributed by atoms with Crippen molar-refractivity contribution in [3.05, 3.63) is 75.7 Å². The van der Waals surface area contributed by atoms with E-state index < -0.39 is 11.1 Å². The summed E-state index contributed by atoms with van der Waals surface area (Å²) in [5.74, 6) is 0.102. The second kappa shape index (κ2) is 11.5. The van der Waals surface area contributed by atoms with Crippen LogP contribution < -0.4 is 9.47 Å². The first-order valence-electron chi connectivity index (χ1n) is 12.4. The van der Waals surface area contributed by atoms with Crippen LogP contribution in [-0.4, -0.2) is 53.6 Å². The first kappa shape index (κ1) is 26.1. The Hall–Kier alpha value is -3.49. The number of piperidine rings is 1. The van der Waals surface area contributed by atoms with E-state index in [1.807, 2.05) is 42.5 Å². The number of rotatable bonds is 7. The van der Waals surface area contributed by atoms with Crippen LogP contribution in [0.4, 0.5) is 4.79 Å². The lowest BCUT2D eigenvalue weighted by atomic mass is 10.1. The molecule has 0 unspecified atom stereocenters. The fourth-order valence-electron chi connectivity index (χ4n) is 4.70. The number of methoxy groups -OCH3 is 1. The molecule has 2 aliphatic heterocycles. The summed E-state index contributed by atoms with van der Waals surface area (Å²) in [6.45, 7) is 1.38. The highest BCUT2D eigenvalue weighted by atomic mass is 35.5. The van der Waals surface area contributed by atoms with Gasteiger partial charge in [0.1, 0.15) is 13.2 Å². The summed E-state index contributed by atoms with van der Waals surface area (Å²) < 4.78 is 11.6. The summed E-state index contributed by atoms with van der Waals surface area (Å²) in [5, 5.41) is 2.07. The Morgan fingerprint density at radius 2 is 1.82 bits per heavy atom. The third kappa shape index (κ3) is 5.51. The molecule has 2 heterocycles. The van der Waals surface area contributed by atoms with E-state index in [4.69, 9.17) is 21.1 Å². The second-order valence-electron chi connectivity index (χ2n) is 9.17. The van der Waals surface area contributed by atoms with Gasteiger partial charge in [-0.15, -0.1) is 0 Å². The quantitative estimate of drug-likeness (QED) is 0.329. The Bertz CT molecular complexity index is 1430. The highest BCUT2D eigenvalue weighted by molar-refractivity contribution is 8.18. The average molecular weight is 551 g/mol. The van der Waals surface area contributed by atoms with Gasteiger partial charge in [-0.05, 0) is 71.1 Å². The topological polar surface area (TPSA) is 76.2 Å². The molecule has 0 saturated carbocycles. The van der Waals surface area contributed by atoms with E-state index in [0.29, 0.717) is 41.8 Å². The van der Waals surface area contributed by atoms with Crippen molar-refractivity contribution in [2.45, 2.75) is 25.9 Å². The number of fused-ring (bicyclic) bond motifs is 1. The highest BCUT2D eigenvalue weighted by Gasteiger charge is 2.37. The van der Waals surface area contributed by atoms with E-state index >= 15 is 0 Å². The molecule has 3 amide bonds. The Balaban J connectivity index is 1.32. The number of ether oxygens (including phenoxy) is 2. The Morgan fingerprint density at radius 3 is 2.61 bits per heavy atom. The molecule has 2 fully saturated rings. The molecule has 196 valence electrons. The zero-order valence-electron chi connectivity index (χ0n) is 20.9. The van der Waals surface area contributed by atoms with E-state index in [1.165, 1.54) is 7.11 Å². The third-order valence-corrected chi connectivity index (χ3v) is 7.87. The van der Waals surface area contributed by atoms with Gasteiger partial charge in [0, 0.05) is 13.1 Å². The van der Waals surface area contributed by atoms with Gasteiger partial charge < -0.3 is 14.4 Å². The van der Waals surface area contributed by atoms with Crippen LogP contribution in [0, 0.1) is 0 Å². The molecule has 2 saturated heterocycles. The van der Waals surface area contributed by atoms with Crippen LogP contribution in [0.25, 0.3) is 16.8 Å². The minimum Gasteiger partial charge on any atom is -0.493 e. The smallest absolute Gasteiger partial charge is 0.294 e. The highest BCUT2D eigenvalue weighted by Crippen LogP contribution is 2.39. The number of imide groups is 1. The fraction of sp³-hybridized carbons (Fsp3) is 0.276. The molecule has 9 heteroatoms. The first-order valence-corrected chi connectivity index (χ1v) is 13.6. The number of hydrogen-bond donors (Lipinski definition) is 0. The molecule has 2 aliphatic rings. The molecule has 5 rings (SSSR count). The zero-order valence-corrected chi connectivity index (χ0v) is 22.5. The van der Waals surface area contributed by atoms with Crippen molar-refractivity contribution < 1.29 is 23.9 Å². The zero-order chi connectivity index (χ0) is 26.6. The van der Waals surface area contributed by atoms with Crippen LogP contribution in [-0.2, 0) is 16.2 Å². The molecule has 3 aromatic rings. The largest absolute Gasteiger partial charge is 0.493 e. The standard InChI is InChI=1S/C29H27ClN2O5S/c1-36-24-15-19(14-23(30)27(24)37-18-21-10-7-9-20-8-3-4-11-22(20)21)16-25-28(34)32(29(35)38-25)17-26(33)31-12-5-2-6-13-31/h3-4,7-11,14-16H,2,5-6,12-13,17-18H2,1H3/b25-16-. The van der Waals surface area contributed by atoms with Gasteiger partial charge in [0.15, 0.2) is 11.5 Å². The number of likely N-dealkylation sites (tertiary alicyclic amines) is 1. The van der Waals surface area contributed by atoms with Crippen molar-refractivity contribution in [3.8, 4) is 11.5 Å². The van der Waals surface area contributed by atoms with Crippen LogP contribution in [0.5, 0.6) is 11.5 Å². The summed E-state index contributed by atoms with van der Waals surface area (Å²) in [4.78, 5) is 41.1. The number of carbonyl (C=O) groups excluding carboxylic acids is 3. The number of carbonyl (C=O) groups is 3. The van der Waals surface area contributed by atoms with Crippen molar-refractivity contribution in [1.29, 1.82) is 0 Å². The predicted molar refractivity (Wildman–Crippen MR) is 149 cm³/mol. The van der Waals surface area contributed by atoms with Gasteiger partial charge >= 0.3 is 0 Å². The summed E-state index contributed by atoms with van der Waals surface area (Å²) in [6.07, 6.45) is 4.56. The molecule has 0 aromatic heterocycles. The van der Waals surface area contributed by atoms with Crippen molar-refractivity contribution in [2.24, 2.45) is 0 Å². The van der Waals surface area contributed by atoms with Gasteiger partial charge in [-0.2, -0.15) is 0 Å². The molecule has 0 aliphatic carbocycles. The SMILES string of the molecule is COc1cc(/C=C2\SC(=O)N(CC(=O)N3CCCCC3)C2=O)cc(Cl)c1OCc1cccc2ccccc12. The average Bonchev–Trinajstić information content (AvgIpc) is 3.19. The maximum Gasteiger partial charge on any atom is 0.294 e. The number of benzene rings is 3. The molecule has 0 N–H and O–H groups in total. The van der Waals surface area contributed by atoms with Gasteiger partial charge in [0.05, 0.1) is 17.0 Å². The summed E-state index contributed by atoms with van der Waals surface area (Å²) in [5.41, 5.74) is 1.59. The van der Waals surface area contributed by atoms with Crippen LogP contribution in [0.1, 0.15) is 30.4 Å². The van der Waals surface area contributed by atoms with Crippen LogP contribution >= 0.6 is 23.4 Å². The number of thioether (sulfide) groups is 1. The van der Waals surface area contributed by atoms with Crippen molar-refractivity contribution >= 4 is 57.3 Å². The van der Waals surface area contributed by atoms with E-state index in [2.05, 4.69) is 0 Å². The van der Waals surface area contributed by atoms with Crippen molar-refractivity contribution in [2.75, 3.05) is 26.7 Å². The fourth-order valence-corrected chi connectivity index (χ4v) is 5.81. The minimum atomic E-state index is -0.489. The Labute approximate surface area is 230 Å². The van der Waals surface area contributed by atoms with E-state index in [0.717, 1.165) is 52.3 Å². The van der Waals surface area contributed by atoms with Crippen molar-refractivity contribution in [3.63, 3.8) is 0 Å². The molecular formula is C29H27ClN2O5S. The predicted octanol–water partition coefficient (Wildman–Crippen LogP) is 6.13. The molecule has 0 bridgehead atoms. The van der Waals surface area contributed by atoms with Gasteiger partial charge in [0.25, 0.3) is 11.1 Å². The lowest BCUT2D eigenvalue weighted by Crippen LogP contribution is -2.44. The molecule has 3 aromatic carbocycles. The van der Waals surface area contributed by atoms with E-state index in [1.54, 1.807) is 23.1 Å². The lowest BCUT2D eigenvalue weighted by Gasteiger charge is -2.27. The van der Waals surface area contributed by atoms with Gasteiger partial charge in [-0.25, -0.2) is 0 Å². The number of amides is 3. The number of nitrogens with zero attached hydrogens (tertiary/aromatic N) is 2. The first-order chi connectivity index (χ1) is 18.4. The molecule has 0 spiro atoms. The van der Waals surface area contributed by atoms with Gasteiger partial charge in [0.2, 0.25) is 5.91 Å². The van der Waals surface area contributed by atoms with Crippen LogP contribution in [0.3, 0.4) is 0 Å². The van der Waals surface area contributed by atoms with Crippen molar-refractivity contribution in [1.82, 2.24) is 9.80 Å². The molecule has 0 atom stereocenters. The van der Waals surface area contributed by atoms with Gasteiger partial charge in [-0.3, -0.25) is 19.3 Å². The van der Waals surface area contributed by atoms with E-state index in [9.17, 15) is 14.4 Å². The summed E-state index contributed by atoms with van der Waals surface area (Å²) >= 11 is 7.39. The van der Waals surface area contributed by atoms with Crippen LogP contribution in [0.15, 0.2) is 59.5 Å². The van der Waals surface area contributed by atoms with E-state index in [-0.39, 0.29) is 17.4 Å². The molecule has 7 nitrogen and oxygen atoms in total. The summed E-state index contributed by atoms with van der Waals surface area (Å²) in [6, 6.07) is 17.5. The number of halogens is 1. The Morgan fingerprint density at radius 1 is 1.05 bits per heavy atom.